The van der Waals surface area contributed by atoms with Crippen molar-refractivity contribution in [2.75, 3.05) is 13.7 Å². The standard InChI is InChI=1S/C24H31NO6/c1-30-13-15-11-18-21(23(28)25(22(18)27)16-5-3-2-4-6-16)19-12-20(31-24(15,19)29)14-7-9-17(26)10-8-14/h7-10,15-16,18-21,26,29H,2-6,11-13H2,1H3/t15-,18+,19+,20+,21+,24-/m1/s1. The van der Waals surface area contributed by atoms with Crippen molar-refractivity contribution in [2.24, 2.45) is 23.7 Å². The van der Waals surface area contributed by atoms with Crippen LogP contribution >= 0.6 is 0 Å². The lowest BCUT2D eigenvalue weighted by molar-refractivity contribution is -0.275. The van der Waals surface area contributed by atoms with Crippen molar-refractivity contribution in [3.63, 3.8) is 0 Å². The summed E-state index contributed by atoms with van der Waals surface area (Å²) in [5.74, 6) is -3.36. The fourth-order valence-corrected chi connectivity index (χ4v) is 6.50. The predicted molar refractivity (Wildman–Crippen MR) is 111 cm³/mol. The Bertz CT molecular complexity index is 850. The van der Waals surface area contributed by atoms with E-state index in [0.29, 0.717) is 12.8 Å². The molecule has 7 heteroatoms. The number of fused-ring (bicyclic) bond motifs is 3. The van der Waals surface area contributed by atoms with Gasteiger partial charge in [-0.3, -0.25) is 14.5 Å². The maximum absolute atomic E-state index is 13.6. The molecule has 4 fully saturated rings. The molecule has 0 bridgehead atoms. The van der Waals surface area contributed by atoms with Crippen LogP contribution in [0.25, 0.3) is 0 Å². The van der Waals surface area contributed by atoms with Gasteiger partial charge in [0.1, 0.15) is 5.75 Å². The number of likely N-dealkylation sites (tertiary alicyclic amines) is 1. The van der Waals surface area contributed by atoms with Gasteiger partial charge in [0.05, 0.1) is 24.5 Å². The Balaban J connectivity index is 1.48. The third-order valence-electron chi connectivity index (χ3n) is 7.97. The fraction of sp³-hybridized carbons (Fsp3) is 0.667. The molecule has 6 atom stereocenters. The van der Waals surface area contributed by atoms with Gasteiger partial charge in [-0.25, -0.2) is 0 Å². The smallest absolute Gasteiger partial charge is 0.233 e. The van der Waals surface area contributed by atoms with Crippen molar-refractivity contribution in [1.29, 1.82) is 0 Å². The number of carbonyl (C=O) groups is 2. The first-order valence-corrected chi connectivity index (χ1v) is 11.5. The number of amides is 2. The first kappa shape index (κ1) is 20.9. The number of phenolic OH excluding ortho intramolecular Hbond substituents is 1. The molecule has 31 heavy (non-hydrogen) atoms. The summed E-state index contributed by atoms with van der Waals surface area (Å²) in [6.07, 6.45) is 5.44. The summed E-state index contributed by atoms with van der Waals surface area (Å²) in [7, 11) is 1.58. The van der Waals surface area contributed by atoms with E-state index >= 15 is 0 Å². The molecule has 0 spiro atoms. The second-order valence-electron chi connectivity index (χ2n) is 9.65. The number of aromatic hydroxyl groups is 1. The van der Waals surface area contributed by atoms with Crippen LogP contribution in [-0.4, -0.2) is 52.5 Å². The Labute approximate surface area is 182 Å². The van der Waals surface area contributed by atoms with E-state index < -0.39 is 29.6 Å². The van der Waals surface area contributed by atoms with Gasteiger partial charge in [0.25, 0.3) is 0 Å². The first-order chi connectivity index (χ1) is 14.9. The molecular formula is C24H31NO6. The third-order valence-corrected chi connectivity index (χ3v) is 7.97. The van der Waals surface area contributed by atoms with Crippen molar-refractivity contribution < 1.29 is 29.3 Å². The van der Waals surface area contributed by atoms with E-state index in [1.54, 1.807) is 31.4 Å². The Kier molecular flexibility index (Phi) is 5.31. The van der Waals surface area contributed by atoms with E-state index in [4.69, 9.17) is 9.47 Å². The minimum absolute atomic E-state index is 0.0106. The van der Waals surface area contributed by atoms with Gasteiger partial charge >= 0.3 is 0 Å². The van der Waals surface area contributed by atoms with Crippen LogP contribution in [0, 0.1) is 23.7 Å². The molecule has 4 aliphatic rings. The number of rotatable bonds is 4. The molecule has 2 N–H and O–H groups in total. The molecule has 2 aliphatic carbocycles. The van der Waals surface area contributed by atoms with E-state index in [1.807, 2.05) is 0 Å². The van der Waals surface area contributed by atoms with Gasteiger partial charge < -0.3 is 19.7 Å². The van der Waals surface area contributed by atoms with Crippen LogP contribution in [0.2, 0.25) is 0 Å². The van der Waals surface area contributed by atoms with Gasteiger partial charge in [0, 0.05) is 25.0 Å². The Morgan fingerprint density at radius 3 is 2.48 bits per heavy atom. The zero-order chi connectivity index (χ0) is 21.8. The molecular weight excluding hydrogens is 398 g/mol. The van der Waals surface area contributed by atoms with Crippen LogP contribution in [0.5, 0.6) is 5.75 Å². The summed E-state index contributed by atoms with van der Waals surface area (Å²) in [5.41, 5.74) is 0.842. The zero-order valence-electron chi connectivity index (χ0n) is 17.9. The van der Waals surface area contributed by atoms with Crippen LogP contribution in [0.15, 0.2) is 24.3 Å². The van der Waals surface area contributed by atoms with Crippen molar-refractivity contribution in [3.05, 3.63) is 29.8 Å². The van der Waals surface area contributed by atoms with Crippen molar-refractivity contribution in [2.45, 2.75) is 62.9 Å². The number of hydrogen-bond acceptors (Lipinski definition) is 6. The zero-order valence-corrected chi connectivity index (χ0v) is 17.9. The predicted octanol–water partition coefficient (Wildman–Crippen LogP) is 2.76. The van der Waals surface area contributed by atoms with Gasteiger partial charge in [0.15, 0.2) is 5.79 Å². The molecule has 1 aromatic rings. The lowest BCUT2D eigenvalue weighted by Crippen LogP contribution is -2.54. The maximum atomic E-state index is 13.6. The van der Waals surface area contributed by atoms with Crippen molar-refractivity contribution in [1.82, 2.24) is 4.90 Å². The molecule has 2 heterocycles. The molecule has 7 nitrogen and oxygen atoms in total. The highest BCUT2D eigenvalue weighted by Crippen LogP contribution is 2.58. The number of hydrogen-bond donors (Lipinski definition) is 2. The van der Waals surface area contributed by atoms with Gasteiger partial charge in [0.2, 0.25) is 11.8 Å². The van der Waals surface area contributed by atoms with Crippen LogP contribution in [0.4, 0.5) is 0 Å². The number of nitrogens with zero attached hydrogens (tertiary/aromatic N) is 1. The lowest BCUT2D eigenvalue weighted by Gasteiger charge is -2.44. The summed E-state index contributed by atoms with van der Waals surface area (Å²) >= 11 is 0. The maximum Gasteiger partial charge on any atom is 0.233 e. The van der Waals surface area contributed by atoms with E-state index in [0.717, 1.165) is 37.7 Å². The van der Waals surface area contributed by atoms with Gasteiger partial charge in [-0.1, -0.05) is 31.4 Å². The molecule has 0 aromatic heterocycles. The molecule has 0 radical (unpaired) electrons. The van der Waals surface area contributed by atoms with Crippen LogP contribution in [0.1, 0.15) is 56.6 Å². The fourth-order valence-electron chi connectivity index (χ4n) is 6.50. The summed E-state index contributed by atoms with van der Waals surface area (Å²) in [6, 6.07) is 6.73. The van der Waals surface area contributed by atoms with E-state index in [9.17, 15) is 19.8 Å². The monoisotopic (exact) mass is 429 g/mol. The number of methoxy groups -OCH3 is 1. The summed E-state index contributed by atoms with van der Waals surface area (Å²) in [4.78, 5) is 28.5. The highest BCUT2D eigenvalue weighted by atomic mass is 16.6. The molecule has 2 saturated heterocycles. The number of imide groups is 1. The highest BCUT2D eigenvalue weighted by Gasteiger charge is 2.67. The van der Waals surface area contributed by atoms with Gasteiger partial charge in [-0.05, 0) is 43.4 Å². The Morgan fingerprint density at radius 2 is 1.81 bits per heavy atom. The number of phenols is 1. The molecule has 168 valence electrons. The molecule has 2 saturated carbocycles. The second kappa shape index (κ2) is 7.87. The average molecular weight is 430 g/mol. The molecule has 0 unspecified atom stereocenters. The Morgan fingerprint density at radius 1 is 1.10 bits per heavy atom. The summed E-state index contributed by atoms with van der Waals surface area (Å²) < 4.78 is 11.6. The minimum atomic E-state index is -1.52. The average Bonchev–Trinajstić information content (AvgIpc) is 3.24. The van der Waals surface area contributed by atoms with E-state index in [1.165, 1.54) is 4.90 Å². The van der Waals surface area contributed by atoms with Crippen molar-refractivity contribution in [3.8, 4) is 5.75 Å². The number of benzene rings is 1. The third kappa shape index (κ3) is 3.29. The largest absolute Gasteiger partial charge is 0.508 e. The van der Waals surface area contributed by atoms with Crippen LogP contribution in [-0.2, 0) is 19.1 Å². The number of ether oxygens (including phenoxy) is 2. The SMILES string of the molecule is COC[C@H]1C[C@@H]2C(=O)N(C3CCCCC3)C(=O)[C@@H]2[C@@H]2C[C@@H](c3ccc(O)cc3)O[C@]12O. The molecule has 5 rings (SSSR count). The minimum Gasteiger partial charge on any atom is -0.508 e. The van der Waals surface area contributed by atoms with Crippen molar-refractivity contribution >= 4 is 11.8 Å². The summed E-state index contributed by atoms with van der Waals surface area (Å²) in [6.45, 7) is 0.267. The van der Waals surface area contributed by atoms with Gasteiger partial charge in [-0.2, -0.15) is 0 Å². The second-order valence-corrected chi connectivity index (χ2v) is 9.65. The number of aliphatic hydroxyl groups is 1. The quantitative estimate of drug-likeness (QED) is 0.715. The lowest BCUT2D eigenvalue weighted by atomic mass is 9.64. The number of carbonyl (C=O) groups excluding carboxylic acids is 2. The molecule has 1 aromatic carbocycles. The van der Waals surface area contributed by atoms with Crippen LogP contribution < -0.4 is 0 Å². The van der Waals surface area contributed by atoms with E-state index in [-0.39, 0.29) is 36.1 Å². The Hall–Kier alpha value is -1.96. The van der Waals surface area contributed by atoms with Gasteiger partial charge in [-0.15, -0.1) is 0 Å². The first-order valence-electron chi connectivity index (χ1n) is 11.5. The van der Waals surface area contributed by atoms with E-state index in [2.05, 4.69) is 0 Å². The van der Waals surface area contributed by atoms with Crippen LogP contribution in [0.3, 0.4) is 0 Å². The normalized spacial score (nSPS) is 38.4. The highest BCUT2D eigenvalue weighted by molar-refractivity contribution is 6.05. The summed E-state index contributed by atoms with van der Waals surface area (Å²) in [5, 5.41) is 21.3. The molecule has 2 amide bonds. The molecule has 2 aliphatic heterocycles. The topological polar surface area (TPSA) is 96.3 Å².